The molecule has 1 aromatic heterocycles. The summed E-state index contributed by atoms with van der Waals surface area (Å²) in [5, 5.41) is 9.52. The Kier molecular flexibility index (Phi) is 4.36. The average Bonchev–Trinajstić information content (AvgIpc) is 2.91. The van der Waals surface area contributed by atoms with Crippen molar-refractivity contribution in [2.45, 2.75) is 45.1 Å². The molecule has 1 aliphatic rings. The molecule has 18 heavy (non-hydrogen) atoms. The second-order valence-electron chi connectivity index (χ2n) is 5.32. The summed E-state index contributed by atoms with van der Waals surface area (Å²) in [6.07, 6.45) is 9.92. The van der Waals surface area contributed by atoms with Crippen molar-refractivity contribution in [3.05, 3.63) is 18.0 Å². The molecule has 0 aliphatic heterocycles. The van der Waals surface area contributed by atoms with E-state index >= 15 is 0 Å². The van der Waals surface area contributed by atoms with Gasteiger partial charge in [0, 0.05) is 24.7 Å². The van der Waals surface area contributed by atoms with E-state index in [1.165, 1.54) is 19.3 Å². The van der Waals surface area contributed by atoms with Crippen molar-refractivity contribution in [3.8, 4) is 0 Å². The predicted molar refractivity (Wildman–Crippen MR) is 69.6 cm³/mol. The first kappa shape index (κ1) is 13.1. The molecule has 1 saturated carbocycles. The predicted octanol–water partition coefficient (Wildman–Crippen LogP) is 1.33. The Labute approximate surface area is 108 Å². The number of nitrogens with one attached hydrogen (secondary N) is 2. The number of carbonyl (C=O) groups is 1. The average molecular weight is 250 g/mol. The van der Waals surface area contributed by atoms with Crippen LogP contribution in [0.4, 0.5) is 0 Å². The van der Waals surface area contributed by atoms with Gasteiger partial charge in [0.25, 0.3) is 0 Å². The van der Waals surface area contributed by atoms with E-state index in [9.17, 15) is 4.79 Å². The van der Waals surface area contributed by atoms with E-state index in [0.29, 0.717) is 19.5 Å². The lowest BCUT2D eigenvalue weighted by atomic mass is 9.71. The molecule has 5 nitrogen and oxygen atoms in total. The summed E-state index contributed by atoms with van der Waals surface area (Å²) in [6.45, 7) is 1.15. The summed E-state index contributed by atoms with van der Waals surface area (Å²) in [5.74, 6) is 0.101. The maximum atomic E-state index is 12.0. The molecule has 0 unspecified atom stereocenters. The number of aromatic amines is 1. The largest absolute Gasteiger partial charge is 0.352 e. The summed E-state index contributed by atoms with van der Waals surface area (Å²) in [7, 11) is 0. The molecular weight excluding hydrogens is 228 g/mol. The van der Waals surface area contributed by atoms with Gasteiger partial charge in [-0.25, -0.2) is 0 Å². The molecule has 1 amide bonds. The fraction of sp³-hybridized carbons (Fsp3) is 0.692. The third kappa shape index (κ3) is 3.32. The van der Waals surface area contributed by atoms with E-state index in [-0.39, 0.29) is 11.3 Å². The van der Waals surface area contributed by atoms with Gasteiger partial charge in [0.05, 0.1) is 6.20 Å². The molecule has 1 aromatic rings. The molecule has 0 bridgehead atoms. The van der Waals surface area contributed by atoms with Crippen molar-refractivity contribution in [2.75, 3.05) is 6.54 Å². The summed E-state index contributed by atoms with van der Waals surface area (Å²) in [4.78, 5) is 12.0. The Morgan fingerprint density at radius 1 is 1.44 bits per heavy atom. The lowest BCUT2D eigenvalue weighted by Gasteiger charge is -2.35. The van der Waals surface area contributed by atoms with Crippen molar-refractivity contribution in [1.82, 2.24) is 15.5 Å². The number of hydrogen-bond acceptors (Lipinski definition) is 3. The zero-order valence-electron chi connectivity index (χ0n) is 10.7. The third-order valence-electron chi connectivity index (χ3n) is 3.93. The van der Waals surface area contributed by atoms with E-state index in [2.05, 4.69) is 15.5 Å². The summed E-state index contributed by atoms with van der Waals surface area (Å²) in [5.41, 5.74) is 6.92. The van der Waals surface area contributed by atoms with Crippen LogP contribution in [-0.2, 0) is 11.3 Å². The maximum absolute atomic E-state index is 12.0. The first-order chi connectivity index (χ1) is 8.74. The van der Waals surface area contributed by atoms with Gasteiger partial charge in [0.1, 0.15) is 0 Å². The van der Waals surface area contributed by atoms with E-state index in [0.717, 1.165) is 18.4 Å². The Bertz CT molecular complexity index is 368. The Balaban J connectivity index is 1.81. The number of aromatic nitrogens is 2. The van der Waals surface area contributed by atoms with Crippen LogP contribution in [0.1, 0.15) is 44.1 Å². The van der Waals surface area contributed by atoms with Crippen LogP contribution in [0.3, 0.4) is 0 Å². The quantitative estimate of drug-likeness (QED) is 0.737. The van der Waals surface area contributed by atoms with E-state index in [1.54, 1.807) is 12.4 Å². The van der Waals surface area contributed by atoms with Crippen molar-refractivity contribution < 1.29 is 4.79 Å². The van der Waals surface area contributed by atoms with Crippen LogP contribution in [0.15, 0.2) is 12.4 Å². The van der Waals surface area contributed by atoms with Crippen molar-refractivity contribution in [2.24, 2.45) is 11.1 Å². The number of rotatable bonds is 5. The summed E-state index contributed by atoms with van der Waals surface area (Å²) >= 11 is 0. The molecule has 0 atom stereocenters. The van der Waals surface area contributed by atoms with E-state index in [1.807, 2.05) is 0 Å². The molecule has 0 aromatic carbocycles. The molecule has 1 aliphatic carbocycles. The molecule has 5 heteroatoms. The standard InChI is InChI=1S/C13H22N4O/c14-10-13(4-2-1-3-5-13)6-12(18)15-7-11-8-16-17-9-11/h8-9H,1-7,10,14H2,(H,15,18)(H,16,17). The smallest absolute Gasteiger partial charge is 0.220 e. The van der Waals surface area contributed by atoms with Crippen molar-refractivity contribution in [1.29, 1.82) is 0 Å². The highest BCUT2D eigenvalue weighted by Gasteiger charge is 2.32. The van der Waals surface area contributed by atoms with Crippen molar-refractivity contribution in [3.63, 3.8) is 0 Å². The fourth-order valence-corrected chi connectivity index (χ4v) is 2.73. The third-order valence-corrected chi connectivity index (χ3v) is 3.93. The zero-order chi connectivity index (χ0) is 12.8. The maximum Gasteiger partial charge on any atom is 0.220 e. The van der Waals surface area contributed by atoms with Crippen LogP contribution in [-0.4, -0.2) is 22.6 Å². The summed E-state index contributed by atoms with van der Waals surface area (Å²) < 4.78 is 0. The second kappa shape index (κ2) is 6.00. The number of nitrogens with zero attached hydrogens (tertiary/aromatic N) is 1. The topological polar surface area (TPSA) is 83.8 Å². The van der Waals surface area contributed by atoms with E-state index < -0.39 is 0 Å². The van der Waals surface area contributed by atoms with Gasteiger partial charge in [-0.1, -0.05) is 19.3 Å². The number of amides is 1. The normalized spacial score (nSPS) is 18.5. The minimum Gasteiger partial charge on any atom is -0.352 e. The highest BCUT2D eigenvalue weighted by Crippen LogP contribution is 2.38. The van der Waals surface area contributed by atoms with Crippen LogP contribution < -0.4 is 11.1 Å². The van der Waals surface area contributed by atoms with Gasteiger partial charge >= 0.3 is 0 Å². The number of hydrogen-bond donors (Lipinski definition) is 3. The molecule has 1 fully saturated rings. The molecular formula is C13H22N4O. The Hall–Kier alpha value is -1.36. The summed E-state index contributed by atoms with van der Waals surface area (Å²) in [6, 6.07) is 0. The molecule has 100 valence electrons. The number of H-pyrrole nitrogens is 1. The minimum atomic E-state index is 0.0404. The highest BCUT2D eigenvalue weighted by atomic mass is 16.1. The Morgan fingerprint density at radius 2 is 2.22 bits per heavy atom. The van der Waals surface area contributed by atoms with Gasteiger partial charge in [0.15, 0.2) is 0 Å². The fourth-order valence-electron chi connectivity index (χ4n) is 2.73. The molecule has 4 N–H and O–H groups in total. The van der Waals surface area contributed by atoms with E-state index in [4.69, 9.17) is 5.73 Å². The van der Waals surface area contributed by atoms with Gasteiger partial charge in [-0.15, -0.1) is 0 Å². The van der Waals surface area contributed by atoms with Gasteiger partial charge in [-0.2, -0.15) is 5.10 Å². The lowest BCUT2D eigenvalue weighted by Crippen LogP contribution is -2.38. The van der Waals surface area contributed by atoms with Crippen LogP contribution in [0.2, 0.25) is 0 Å². The van der Waals surface area contributed by atoms with Gasteiger partial charge in [-0.05, 0) is 24.8 Å². The van der Waals surface area contributed by atoms with Crippen molar-refractivity contribution >= 4 is 5.91 Å². The molecule has 0 spiro atoms. The van der Waals surface area contributed by atoms with Gasteiger partial charge in [-0.3, -0.25) is 9.89 Å². The lowest BCUT2D eigenvalue weighted by molar-refractivity contribution is -0.124. The zero-order valence-corrected chi connectivity index (χ0v) is 10.7. The highest BCUT2D eigenvalue weighted by molar-refractivity contribution is 5.76. The van der Waals surface area contributed by atoms with Crippen LogP contribution in [0.25, 0.3) is 0 Å². The molecule has 1 heterocycles. The Morgan fingerprint density at radius 3 is 2.83 bits per heavy atom. The van der Waals surface area contributed by atoms with Crippen LogP contribution in [0.5, 0.6) is 0 Å². The number of carbonyl (C=O) groups excluding carboxylic acids is 1. The first-order valence-electron chi connectivity index (χ1n) is 6.69. The number of nitrogens with two attached hydrogens (primary N) is 1. The van der Waals surface area contributed by atoms with Crippen LogP contribution >= 0.6 is 0 Å². The van der Waals surface area contributed by atoms with Gasteiger partial charge < -0.3 is 11.1 Å². The van der Waals surface area contributed by atoms with Gasteiger partial charge in [0.2, 0.25) is 5.91 Å². The first-order valence-corrected chi connectivity index (χ1v) is 6.69. The monoisotopic (exact) mass is 250 g/mol. The SMILES string of the molecule is NCC1(CC(=O)NCc2cn[nH]c2)CCCCC1. The molecule has 2 rings (SSSR count). The molecule has 0 radical (unpaired) electrons. The minimum absolute atomic E-state index is 0.0404. The second-order valence-corrected chi connectivity index (χ2v) is 5.32. The molecule has 0 saturated heterocycles. The van der Waals surface area contributed by atoms with Crippen LogP contribution in [0, 0.1) is 5.41 Å².